The van der Waals surface area contributed by atoms with E-state index in [0.29, 0.717) is 42.9 Å². The Bertz CT molecular complexity index is 1560. The summed E-state index contributed by atoms with van der Waals surface area (Å²) in [6.45, 7) is 5.48. The second-order valence-electron chi connectivity index (χ2n) is 11.9. The maximum Gasteiger partial charge on any atom is 0.407 e. The third kappa shape index (κ3) is 18.5. The Morgan fingerprint density at radius 3 is 2.02 bits per heavy atom. The number of nitrogens with one attached hydrogen (secondary N) is 6. The van der Waals surface area contributed by atoms with Gasteiger partial charge in [-0.25, -0.2) is 17.9 Å². The van der Waals surface area contributed by atoms with Crippen LogP contribution in [0.15, 0.2) is 70.9 Å². The second-order valence-corrected chi connectivity index (χ2v) is 15.5. The number of sulfonamides is 1. The monoisotopic (exact) mass is 762 g/mol. The first-order valence-corrected chi connectivity index (χ1v) is 20.2. The predicted molar refractivity (Wildman–Crippen MR) is 202 cm³/mol. The van der Waals surface area contributed by atoms with Gasteiger partial charge in [-0.2, -0.15) is 0 Å². The minimum Gasteiger partial charge on any atom is -0.445 e. The molecule has 0 fully saturated rings. The smallest absolute Gasteiger partial charge is 0.407 e. The van der Waals surface area contributed by atoms with Gasteiger partial charge in [0, 0.05) is 41.5 Å². The normalized spacial score (nSPS) is 11.2. The first-order chi connectivity index (χ1) is 24.7. The third-order valence-corrected chi connectivity index (χ3v) is 10.9. The summed E-state index contributed by atoms with van der Waals surface area (Å²) in [5, 5.41) is 15.8. The van der Waals surface area contributed by atoms with Crippen LogP contribution >= 0.6 is 22.9 Å². The highest BCUT2D eigenvalue weighted by atomic mass is 35.5. The number of alkyl carbamates (subject to hydrolysis) is 1. The molecule has 0 spiro atoms. The molecule has 3 rings (SSSR count). The van der Waals surface area contributed by atoms with E-state index in [1.54, 1.807) is 30.3 Å². The van der Waals surface area contributed by atoms with Crippen molar-refractivity contribution < 1.29 is 27.5 Å². The molecule has 15 heteroatoms. The molecule has 0 saturated carbocycles. The fourth-order valence-electron chi connectivity index (χ4n) is 4.79. The lowest BCUT2D eigenvalue weighted by atomic mass is 10.2. The molecule has 3 aromatic rings. The number of rotatable bonds is 26. The second kappa shape index (κ2) is 24.6. The van der Waals surface area contributed by atoms with E-state index >= 15 is 0 Å². The van der Waals surface area contributed by atoms with Gasteiger partial charge in [0.25, 0.3) is 5.91 Å². The zero-order valence-electron chi connectivity index (χ0n) is 29.0. The van der Waals surface area contributed by atoms with Crippen LogP contribution in [0.1, 0.15) is 72.2 Å². The quantitative estimate of drug-likeness (QED) is 0.0625. The number of hydrogen-bond donors (Lipinski definition) is 6. The van der Waals surface area contributed by atoms with Gasteiger partial charge in [0.2, 0.25) is 15.9 Å². The Labute approximate surface area is 310 Å². The molecule has 0 radical (unpaired) electrons. The standard InChI is InChI=1S/C36H51ClN6O6S2/c37-31-16-14-30(15-17-31)35(45)42-27-32-18-19-34(50-32)51(47,48)43-26-6-2-5-13-33(44)40-24-9-22-38-20-7-8-21-39-23-10-25-41-36(46)49-28-29-11-3-1-4-12-29/h1,3-4,11-12,14-19,38-39,43H,2,5-10,13,20-28H2,(H,40,44)(H,41,46)(H,42,45). The third-order valence-electron chi connectivity index (χ3n) is 7.63. The van der Waals surface area contributed by atoms with Gasteiger partial charge in [0.1, 0.15) is 10.8 Å². The number of thiophene rings is 1. The summed E-state index contributed by atoms with van der Waals surface area (Å²) in [5.41, 5.74) is 1.44. The molecule has 280 valence electrons. The largest absolute Gasteiger partial charge is 0.445 e. The predicted octanol–water partition coefficient (Wildman–Crippen LogP) is 4.95. The number of carbonyl (C=O) groups is 3. The van der Waals surface area contributed by atoms with Crippen molar-refractivity contribution in [2.75, 3.05) is 45.8 Å². The molecule has 12 nitrogen and oxygen atoms in total. The van der Waals surface area contributed by atoms with E-state index in [2.05, 4.69) is 31.3 Å². The van der Waals surface area contributed by atoms with E-state index < -0.39 is 16.1 Å². The van der Waals surface area contributed by atoms with Crippen LogP contribution in [0.2, 0.25) is 5.02 Å². The molecule has 6 N–H and O–H groups in total. The van der Waals surface area contributed by atoms with Crippen molar-refractivity contribution in [3.63, 3.8) is 0 Å². The molecule has 0 aliphatic carbocycles. The Morgan fingerprint density at radius 1 is 0.667 bits per heavy atom. The lowest BCUT2D eigenvalue weighted by molar-refractivity contribution is -0.121. The summed E-state index contributed by atoms with van der Waals surface area (Å²) < 4.78 is 33.3. The highest BCUT2D eigenvalue weighted by molar-refractivity contribution is 7.91. The van der Waals surface area contributed by atoms with Gasteiger partial charge in [-0.3, -0.25) is 9.59 Å². The van der Waals surface area contributed by atoms with Crippen LogP contribution in [-0.4, -0.2) is 72.1 Å². The molecule has 0 bridgehead atoms. The topological polar surface area (TPSA) is 167 Å². The van der Waals surface area contributed by atoms with E-state index in [4.69, 9.17) is 16.3 Å². The number of amides is 3. The van der Waals surface area contributed by atoms with Crippen LogP contribution in [0, 0.1) is 0 Å². The number of halogens is 1. The molecule has 0 atom stereocenters. The summed E-state index contributed by atoms with van der Waals surface area (Å²) in [5.74, 6) is -0.255. The molecule has 0 aliphatic rings. The molecular weight excluding hydrogens is 712 g/mol. The van der Waals surface area contributed by atoms with Crippen LogP contribution in [-0.2, 0) is 32.7 Å². The number of benzene rings is 2. The summed E-state index contributed by atoms with van der Waals surface area (Å²) in [7, 11) is -3.64. The fourth-order valence-corrected chi connectivity index (χ4v) is 7.33. The Kier molecular flexibility index (Phi) is 20.2. The molecule has 2 aromatic carbocycles. The van der Waals surface area contributed by atoms with Gasteiger partial charge in [-0.15, -0.1) is 11.3 Å². The van der Waals surface area contributed by atoms with Crippen LogP contribution in [0.5, 0.6) is 0 Å². The van der Waals surface area contributed by atoms with Crippen LogP contribution in [0.3, 0.4) is 0 Å². The van der Waals surface area contributed by atoms with Crippen LogP contribution < -0.4 is 31.3 Å². The lowest BCUT2D eigenvalue weighted by Gasteiger charge is -2.09. The summed E-state index contributed by atoms with van der Waals surface area (Å²) in [4.78, 5) is 36.9. The minimum absolute atomic E-state index is 0.00944. The maximum atomic E-state index is 12.7. The number of ether oxygens (including phenoxy) is 1. The van der Waals surface area contributed by atoms with Crippen molar-refractivity contribution in [3.05, 3.63) is 87.8 Å². The van der Waals surface area contributed by atoms with Crippen molar-refractivity contribution in [1.82, 2.24) is 31.3 Å². The van der Waals surface area contributed by atoms with Gasteiger partial charge in [0.15, 0.2) is 0 Å². The average Bonchev–Trinajstić information content (AvgIpc) is 3.62. The molecule has 51 heavy (non-hydrogen) atoms. The van der Waals surface area contributed by atoms with E-state index in [1.807, 2.05) is 30.3 Å². The zero-order chi connectivity index (χ0) is 36.6. The Morgan fingerprint density at radius 2 is 1.31 bits per heavy atom. The fraction of sp³-hybridized carbons (Fsp3) is 0.472. The summed E-state index contributed by atoms with van der Waals surface area (Å²) >= 11 is 6.97. The molecular formula is C36H51ClN6O6S2. The number of hydrogen-bond acceptors (Lipinski definition) is 9. The molecule has 0 aliphatic heterocycles. The van der Waals surface area contributed by atoms with Gasteiger partial charge in [-0.1, -0.05) is 48.4 Å². The molecule has 0 saturated heterocycles. The summed E-state index contributed by atoms with van der Waals surface area (Å²) in [6.07, 6.45) is 5.87. The molecule has 1 heterocycles. The summed E-state index contributed by atoms with van der Waals surface area (Å²) in [6, 6.07) is 19.3. The maximum absolute atomic E-state index is 12.7. The average molecular weight is 763 g/mol. The first kappa shape index (κ1) is 41.9. The molecule has 3 amide bonds. The first-order valence-electron chi connectivity index (χ1n) is 17.5. The number of unbranched alkanes of at least 4 members (excludes halogenated alkanes) is 3. The van der Waals surface area contributed by atoms with Crippen LogP contribution in [0.4, 0.5) is 4.79 Å². The molecule has 0 unspecified atom stereocenters. The van der Waals surface area contributed by atoms with Crippen molar-refractivity contribution in [3.8, 4) is 0 Å². The number of carbonyl (C=O) groups excluding carboxylic acids is 3. The van der Waals surface area contributed by atoms with Crippen molar-refractivity contribution >= 4 is 50.9 Å². The Balaban J connectivity index is 1.07. The highest BCUT2D eigenvalue weighted by Crippen LogP contribution is 2.21. The van der Waals surface area contributed by atoms with E-state index in [9.17, 15) is 22.8 Å². The van der Waals surface area contributed by atoms with Gasteiger partial charge >= 0.3 is 6.09 Å². The minimum atomic E-state index is -3.64. The van der Waals surface area contributed by atoms with E-state index in [-0.39, 0.29) is 35.7 Å². The van der Waals surface area contributed by atoms with Crippen molar-refractivity contribution in [2.45, 2.75) is 68.7 Å². The SMILES string of the molecule is O=C(CCCCCNS(=O)(=O)c1ccc(CNC(=O)c2ccc(Cl)cc2)s1)NCCCNCCCCNCCCNC(=O)OCc1ccccc1. The highest BCUT2D eigenvalue weighted by Gasteiger charge is 2.17. The van der Waals surface area contributed by atoms with Gasteiger partial charge < -0.3 is 31.3 Å². The lowest BCUT2D eigenvalue weighted by Crippen LogP contribution is -2.28. The van der Waals surface area contributed by atoms with Crippen LogP contribution in [0.25, 0.3) is 0 Å². The van der Waals surface area contributed by atoms with E-state index in [1.165, 1.54) is 6.07 Å². The van der Waals surface area contributed by atoms with Gasteiger partial charge in [0.05, 0.1) is 6.54 Å². The van der Waals surface area contributed by atoms with Gasteiger partial charge in [-0.05, 0) is 107 Å². The van der Waals surface area contributed by atoms with Crippen molar-refractivity contribution in [2.24, 2.45) is 0 Å². The van der Waals surface area contributed by atoms with Crippen molar-refractivity contribution in [1.29, 1.82) is 0 Å². The Hall–Kier alpha value is -3.53. The molecule has 1 aromatic heterocycles. The van der Waals surface area contributed by atoms with E-state index in [0.717, 1.165) is 80.1 Å². The zero-order valence-corrected chi connectivity index (χ0v) is 31.4.